The summed E-state index contributed by atoms with van der Waals surface area (Å²) >= 11 is 0. The topological polar surface area (TPSA) is 86.6 Å². The van der Waals surface area contributed by atoms with Crippen LogP contribution < -0.4 is 5.32 Å². The highest BCUT2D eigenvalue weighted by Gasteiger charge is 2.20. The summed E-state index contributed by atoms with van der Waals surface area (Å²) in [5.74, 6) is -1.52. The number of rotatable bonds is 5. The molecule has 1 aromatic rings. The van der Waals surface area contributed by atoms with Gasteiger partial charge in [-0.15, -0.1) is 0 Å². The van der Waals surface area contributed by atoms with E-state index in [4.69, 9.17) is 5.11 Å². The van der Waals surface area contributed by atoms with E-state index in [2.05, 4.69) is 11.9 Å². The van der Waals surface area contributed by atoms with Crippen LogP contribution in [0.1, 0.15) is 11.1 Å². The Morgan fingerprint density at radius 2 is 2.17 bits per heavy atom. The van der Waals surface area contributed by atoms with Crippen molar-refractivity contribution in [3.63, 3.8) is 0 Å². The van der Waals surface area contributed by atoms with Crippen molar-refractivity contribution in [1.82, 2.24) is 5.32 Å². The van der Waals surface area contributed by atoms with Crippen LogP contribution in [0.5, 0.6) is 5.75 Å². The van der Waals surface area contributed by atoms with Crippen LogP contribution in [0.3, 0.4) is 0 Å². The highest BCUT2D eigenvalue weighted by molar-refractivity contribution is 5.90. The van der Waals surface area contributed by atoms with E-state index in [9.17, 15) is 14.7 Å². The van der Waals surface area contributed by atoms with Gasteiger partial charge in [-0.1, -0.05) is 12.6 Å². The molecule has 5 heteroatoms. The van der Waals surface area contributed by atoms with Crippen LogP contribution in [0, 0.1) is 6.92 Å². The van der Waals surface area contributed by atoms with Gasteiger partial charge in [0.05, 0.1) is 0 Å². The first-order chi connectivity index (χ1) is 8.43. The van der Waals surface area contributed by atoms with Gasteiger partial charge in [0.15, 0.2) is 0 Å². The van der Waals surface area contributed by atoms with Crippen LogP contribution in [0.2, 0.25) is 0 Å². The Kier molecular flexibility index (Phi) is 4.48. The first kappa shape index (κ1) is 13.8. The van der Waals surface area contributed by atoms with E-state index in [1.54, 1.807) is 19.1 Å². The molecule has 96 valence electrons. The molecule has 0 saturated carbocycles. The molecule has 1 atom stereocenters. The van der Waals surface area contributed by atoms with Crippen molar-refractivity contribution in [1.29, 1.82) is 0 Å². The van der Waals surface area contributed by atoms with E-state index in [1.165, 1.54) is 6.07 Å². The quantitative estimate of drug-likeness (QED) is 0.679. The molecule has 0 aliphatic carbocycles. The molecular formula is C13H15NO4. The zero-order valence-corrected chi connectivity index (χ0v) is 10.0. The van der Waals surface area contributed by atoms with E-state index in [-0.39, 0.29) is 12.2 Å². The Hall–Kier alpha value is -2.30. The van der Waals surface area contributed by atoms with Crippen LogP contribution in [0.15, 0.2) is 30.9 Å². The van der Waals surface area contributed by atoms with E-state index in [0.29, 0.717) is 0 Å². The summed E-state index contributed by atoms with van der Waals surface area (Å²) in [4.78, 5) is 22.2. The fourth-order valence-electron chi connectivity index (χ4n) is 1.56. The van der Waals surface area contributed by atoms with E-state index in [0.717, 1.165) is 17.2 Å². The van der Waals surface area contributed by atoms with Crippen LogP contribution in [-0.4, -0.2) is 28.1 Å². The second kappa shape index (κ2) is 5.86. The number of benzene rings is 1. The molecule has 1 aromatic carbocycles. The van der Waals surface area contributed by atoms with Gasteiger partial charge in [-0.05, 0) is 36.3 Å². The molecule has 18 heavy (non-hydrogen) atoms. The van der Waals surface area contributed by atoms with E-state index < -0.39 is 17.9 Å². The average molecular weight is 249 g/mol. The lowest BCUT2D eigenvalue weighted by atomic mass is 10.0. The summed E-state index contributed by atoms with van der Waals surface area (Å²) in [7, 11) is 0. The van der Waals surface area contributed by atoms with Crippen molar-refractivity contribution in [2.45, 2.75) is 19.4 Å². The van der Waals surface area contributed by atoms with Gasteiger partial charge in [0, 0.05) is 6.42 Å². The molecule has 0 saturated heterocycles. The van der Waals surface area contributed by atoms with Crippen molar-refractivity contribution in [2.24, 2.45) is 0 Å². The van der Waals surface area contributed by atoms with Crippen molar-refractivity contribution in [3.8, 4) is 5.75 Å². The van der Waals surface area contributed by atoms with Crippen molar-refractivity contribution < 1.29 is 19.8 Å². The molecule has 0 radical (unpaired) electrons. The number of amides is 1. The number of carbonyl (C=O) groups excluding carboxylic acids is 1. The summed E-state index contributed by atoms with van der Waals surface area (Å²) in [6.07, 6.45) is 1.18. The smallest absolute Gasteiger partial charge is 0.326 e. The zero-order valence-electron chi connectivity index (χ0n) is 10.0. The Morgan fingerprint density at radius 3 is 2.67 bits per heavy atom. The molecule has 1 rings (SSSR count). The molecular weight excluding hydrogens is 234 g/mol. The number of phenols is 1. The van der Waals surface area contributed by atoms with Crippen LogP contribution >= 0.6 is 0 Å². The summed E-state index contributed by atoms with van der Waals surface area (Å²) in [6, 6.07) is 3.65. The zero-order chi connectivity index (χ0) is 13.7. The fraction of sp³-hybridized carbons (Fsp3) is 0.231. The largest absolute Gasteiger partial charge is 0.508 e. The van der Waals surface area contributed by atoms with Gasteiger partial charge >= 0.3 is 5.97 Å². The second-order valence-corrected chi connectivity index (χ2v) is 3.92. The minimum atomic E-state index is -1.11. The molecule has 0 fully saturated rings. The number of aliphatic carboxylic acids is 1. The van der Waals surface area contributed by atoms with Crippen molar-refractivity contribution >= 4 is 11.9 Å². The Morgan fingerprint density at radius 1 is 1.50 bits per heavy atom. The van der Waals surface area contributed by atoms with Crippen LogP contribution in [-0.2, 0) is 16.0 Å². The lowest BCUT2D eigenvalue weighted by molar-refractivity contribution is -0.141. The van der Waals surface area contributed by atoms with Gasteiger partial charge < -0.3 is 15.5 Å². The third kappa shape index (κ3) is 3.62. The highest BCUT2D eigenvalue weighted by Crippen LogP contribution is 2.17. The van der Waals surface area contributed by atoms with Gasteiger partial charge in [-0.3, -0.25) is 4.79 Å². The Balaban J connectivity index is 2.86. The van der Waals surface area contributed by atoms with E-state index >= 15 is 0 Å². The van der Waals surface area contributed by atoms with E-state index in [1.807, 2.05) is 0 Å². The number of hydrogen-bond acceptors (Lipinski definition) is 3. The third-order valence-electron chi connectivity index (χ3n) is 2.55. The summed E-state index contributed by atoms with van der Waals surface area (Å²) in [5.41, 5.74) is 1.53. The lowest BCUT2D eigenvalue weighted by Crippen LogP contribution is -2.41. The third-order valence-corrected chi connectivity index (χ3v) is 2.55. The monoisotopic (exact) mass is 249 g/mol. The molecule has 3 N–H and O–H groups in total. The molecule has 0 heterocycles. The predicted molar refractivity (Wildman–Crippen MR) is 66.3 cm³/mol. The molecule has 0 aromatic heterocycles. The number of aromatic hydroxyl groups is 1. The molecule has 0 aliphatic heterocycles. The normalized spacial score (nSPS) is 11.6. The summed E-state index contributed by atoms with van der Waals surface area (Å²) in [5, 5.41) is 20.6. The summed E-state index contributed by atoms with van der Waals surface area (Å²) in [6.45, 7) is 5.04. The number of hydrogen-bond donors (Lipinski definition) is 3. The minimum absolute atomic E-state index is 0.123. The number of aryl methyl sites for hydroxylation is 1. The van der Waals surface area contributed by atoms with Gasteiger partial charge in [0.25, 0.3) is 0 Å². The lowest BCUT2D eigenvalue weighted by Gasteiger charge is -2.15. The number of carboxylic acids is 1. The number of carboxylic acid groups (broad SMARTS) is 1. The predicted octanol–water partition coefficient (Wildman–Crippen LogP) is 0.999. The summed E-state index contributed by atoms with van der Waals surface area (Å²) < 4.78 is 0. The van der Waals surface area contributed by atoms with Gasteiger partial charge in [0.1, 0.15) is 11.8 Å². The molecule has 0 unspecified atom stereocenters. The standard InChI is InChI=1S/C13H15NO4/c1-3-12(16)14-11(13(17)18)7-9-4-5-10(15)6-8(9)2/h3-6,11,15H,1,7H2,2H3,(H,14,16)(H,17,18)/t11-/m0/s1. The maximum atomic E-state index is 11.1. The number of carbonyl (C=O) groups is 2. The molecule has 0 aliphatic rings. The van der Waals surface area contributed by atoms with Crippen LogP contribution in [0.4, 0.5) is 0 Å². The van der Waals surface area contributed by atoms with Gasteiger partial charge in [-0.2, -0.15) is 0 Å². The second-order valence-electron chi connectivity index (χ2n) is 3.92. The Labute approximate surface area is 105 Å². The SMILES string of the molecule is C=CC(=O)N[C@@H](Cc1ccc(O)cc1C)C(=O)O. The van der Waals surface area contributed by atoms with Crippen LogP contribution in [0.25, 0.3) is 0 Å². The molecule has 0 spiro atoms. The number of phenolic OH excluding ortho intramolecular Hbond substituents is 1. The fourth-order valence-corrected chi connectivity index (χ4v) is 1.56. The first-order valence-corrected chi connectivity index (χ1v) is 5.38. The maximum absolute atomic E-state index is 11.1. The van der Waals surface area contributed by atoms with Crippen molar-refractivity contribution in [3.05, 3.63) is 42.0 Å². The van der Waals surface area contributed by atoms with Crippen molar-refractivity contribution in [2.75, 3.05) is 0 Å². The van der Waals surface area contributed by atoms with Gasteiger partial charge in [-0.25, -0.2) is 4.79 Å². The highest BCUT2D eigenvalue weighted by atomic mass is 16.4. The maximum Gasteiger partial charge on any atom is 0.326 e. The van der Waals surface area contributed by atoms with Gasteiger partial charge in [0.2, 0.25) is 5.91 Å². The average Bonchev–Trinajstić information content (AvgIpc) is 2.30. The molecule has 0 bridgehead atoms. The molecule has 5 nitrogen and oxygen atoms in total. The first-order valence-electron chi connectivity index (χ1n) is 5.38. The minimum Gasteiger partial charge on any atom is -0.508 e. The Bertz CT molecular complexity index is 482. The number of nitrogens with one attached hydrogen (secondary N) is 1. The molecule has 1 amide bonds.